The van der Waals surface area contributed by atoms with Gasteiger partial charge in [0, 0.05) is 30.7 Å². The van der Waals surface area contributed by atoms with E-state index in [1.807, 2.05) is 24.3 Å². The molecule has 0 aliphatic heterocycles. The fourth-order valence-electron chi connectivity index (χ4n) is 3.23. The summed E-state index contributed by atoms with van der Waals surface area (Å²) < 4.78 is 23.6. The average Bonchev–Trinajstić information content (AvgIpc) is 3.20. The molecule has 170 valence electrons. The molecule has 1 aromatic heterocycles. The van der Waals surface area contributed by atoms with Crippen molar-refractivity contribution in [1.29, 1.82) is 0 Å². The van der Waals surface area contributed by atoms with Crippen LogP contribution in [0.5, 0.6) is 23.0 Å². The molecule has 3 aromatic rings. The lowest BCUT2D eigenvalue weighted by Gasteiger charge is -2.15. The molecule has 2 aromatic carbocycles. The van der Waals surface area contributed by atoms with Gasteiger partial charge < -0.3 is 24.3 Å². The van der Waals surface area contributed by atoms with Gasteiger partial charge in [-0.05, 0) is 36.5 Å². The number of carbonyl (C=O) groups excluding carboxylic acids is 1. The van der Waals surface area contributed by atoms with Crippen LogP contribution in [0.2, 0.25) is 0 Å². The number of nitrogens with one attached hydrogen (secondary N) is 2. The summed E-state index contributed by atoms with van der Waals surface area (Å²) in [6, 6.07) is 11.0. The number of hydrogen-bond donors (Lipinski definition) is 2. The molecule has 0 aliphatic rings. The molecule has 2 N–H and O–H groups in total. The van der Waals surface area contributed by atoms with Gasteiger partial charge in [0.05, 0.1) is 40.5 Å². The third kappa shape index (κ3) is 5.20. The van der Waals surface area contributed by atoms with E-state index in [9.17, 15) is 4.79 Å². The Morgan fingerprint density at radius 1 is 1.00 bits per heavy atom. The lowest BCUT2D eigenvalue weighted by molar-refractivity contribution is -0.121. The van der Waals surface area contributed by atoms with Crippen LogP contribution in [0.3, 0.4) is 0 Å². The van der Waals surface area contributed by atoms with Crippen molar-refractivity contribution < 1.29 is 23.7 Å². The molecule has 0 radical (unpaired) electrons. The second-order valence-electron chi connectivity index (χ2n) is 6.77. The lowest BCUT2D eigenvalue weighted by Crippen LogP contribution is -2.24. The predicted molar refractivity (Wildman–Crippen MR) is 122 cm³/mol. The van der Waals surface area contributed by atoms with Crippen LogP contribution < -0.4 is 24.3 Å². The zero-order chi connectivity index (χ0) is 23.1. The number of aromatic amines is 1. The molecule has 32 heavy (non-hydrogen) atoms. The number of benzene rings is 2. The molecule has 0 atom stereocenters. The average molecular weight is 459 g/mol. The molecule has 0 fully saturated rings. The Bertz CT molecular complexity index is 1100. The van der Waals surface area contributed by atoms with Crippen LogP contribution >= 0.6 is 12.2 Å². The first kappa shape index (κ1) is 23.1. The lowest BCUT2D eigenvalue weighted by atomic mass is 10.1. The van der Waals surface area contributed by atoms with Crippen molar-refractivity contribution in [3.05, 3.63) is 46.7 Å². The van der Waals surface area contributed by atoms with E-state index in [-0.39, 0.29) is 18.9 Å². The first-order valence-corrected chi connectivity index (χ1v) is 10.3. The van der Waals surface area contributed by atoms with E-state index in [1.165, 1.54) is 0 Å². The zero-order valence-corrected chi connectivity index (χ0v) is 19.2. The van der Waals surface area contributed by atoms with Crippen LogP contribution in [0.4, 0.5) is 0 Å². The first-order valence-electron chi connectivity index (χ1n) is 9.86. The van der Waals surface area contributed by atoms with E-state index in [0.29, 0.717) is 34.4 Å². The van der Waals surface area contributed by atoms with Crippen molar-refractivity contribution in [2.24, 2.45) is 0 Å². The molecule has 1 heterocycles. The normalized spacial score (nSPS) is 10.5. The van der Waals surface area contributed by atoms with Crippen LogP contribution in [-0.4, -0.2) is 49.1 Å². The number of amides is 1. The van der Waals surface area contributed by atoms with Crippen LogP contribution in [0.25, 0.3) is 11.4 Å². The molecule has 0 unspecified atom stereocenters. The predicted octanol–water partition coefficient (Wildman–Crippen LogP) is 3.35. The summed E-state index contributed by atoms with van der Waals surface area (Å²) in [6.07, 6.45) is 0.220. The summed E-state index contributed by atoms with van der Waals surface area (Å²) in [4.78, 5) is 12.6. The smallest absolute Gasteiger partial charge is 0.222 e. The summed E-state index contributed by atoms with van der Waals surface area (Å²) in [5.41, 5.74) is 1.59. The van der Waals surface area contributed by atoms with E-state index >= 15 is 0 Å². The van der Waals surface area contributed by atoms with E-state index in [4.69, 9.17) is 31.2 Å². The molecule has 0 bridgehead atoms. The highest BCUT2D eigenvalue weighted by molar-refractivity contribution is 7.71. The molecule has 0 aliphatic carbocycles. The number of hydrogen-bond acceptors (Lipinski definition) is 7. The molecule has 1 amide bonds. The zero-order valence-electron chi connectivity index (χ0n) is 18.4. The van der Waals surface area contributed by atoms with Gasteiger partial charge in [0.1, 0.15) is 23.0 Å². The highest BCUT2D eigenvalue weighted by Crippen LogP contribution is 2.33. The second-order valence-corrected chi connectivity index (χ2v) is 7.16. The van der Waals surface area contributed by atoms with E-state index in [0.717, 1.165) is 16.9 Å². The van der Waals surface area contributed by atoms with Crippen molar-refractivity contribution >= 4 is 18.1 Å². The SMILES string of the molecule is COc1ccc(-c2n[nH]c(=S)n2CCC(=O)NCc2c(OC)cc(OC)cc2OC)cc1. The largest absolute Gasteiger partial charge is 0.497 e. The van der Waals surface area contributed by atoms with Gasteiger partial charge in [0.2, 0.25) is 5.91 Å². The third-order valence-electron chi connectivity index (χ3n) is 4.95. The van der Waals surface area contributed by atoms with Crippen molar-refractivity contribution in [2.75, 3.05) is 28.4 Å². The quantitative estimate of drug-likeness (QED) is 0.450. The molecule has 0 saturated heterocycles. The summed E-state index contributed by atoms with van der Waals surface area (Å²) in [6.45, 7) is 0.622. The van der Waals surface area contributed by atoms with Gasteiger partial charge >= 0.3 is 0 Å². The Morgan fingerprint density at radius 2 is 1.62 bits per heavy atom. The Hall–Kier alpha value is -3.53. The Labute approximate surface area is 191 Å². The highest BCUT2D eigenvalue weighted by Gasteiger charge is 2.15. The van der Waals surface area contributed by atoms with Crippen LogP contribution in [0, 0.1) is 4.77 Å². The van der Waals surface area contributed by atoms with Gasteiger partial charge in [-0.25, -0.2) is 0 Å². The van der Waals surface area contributed by atoms with Crippen LogP contribution in [0.15, 0.2) is 36.4 Å². The minimum absolute atomic E-state index is 0.145. The summed E-state index contributed by atoms with van der Waals surface area (Å²) in [5.74, 6) is 3.01. The van der Waals surface area contributed by atoms with E-state index in [2.05, 4.69) is 15.5 Å². The van der Waals surface area contributed by atoms with Crippen molar-refractivity contribution in [3.8, 4) is 34.4 Å². The van der Waals surface area contributed by atoms with Gasteiger partial charge in [-0.1, -0.05) is 0 Å². The maximum atomic E-state index is 12.6. The molecule has 0 spiro atoms. The topological polar surface area (TPSA) is 99.6 Å². The molecule has 3 rings (SSSR count). The fourth-order valence-corrected chi connectivity index (χ4v) is 3.45. The Kier molecular flexibility index (Phi) is 7.72. The maximum Gasteiger partial charge on any atom is 0.222 e. The fraction of sp³-hybridized carbons (Fsp3) is 0.318. The summed E-state index contributed by atoms with van der Waals surface area (Å²) in [5, 5.41) is 10.0. The molecular formula is C22H26N4O5S. The van der Waals surface area contributed by atoms with Gasteiger partial charge in [-0.3, -0.25) is 14.5 Å². The van der Waals surface area contributed by atoms with Crippen LogP contribution in [-0.2, 0) is 17.9 Å². The van der Waals surface area contributed by atoms with E-state index in [1.54, 1.807) is 45.1 Å². The number of aromatic nitrogens is 3. The van der Waals surface area contributed by atoms with Gasteiger partial charge in [0.15, 0.2) is 10.6 Å². The van der Waals surface area contributed by atoms with Crippen molar-refractivity contribution in [3.63, 3.8) is 0 Å². The monoisotopic (exact) mass is 458 g/mol. The second kappa shape index (κ2) is 10.7. The van der Waals surface area contributed by atoms with Crippen molar-refractivity contribution in [2.45, 2.75) is 19.5 Å². The van der Waals surface area contributed by atoms with Gasteiger partial charge in [0.25, 0.3) is 0 Å². The van der Waals surface area contributed by atoms with E-state index < -0.39 is 0 Å². The van der Waals surface area contributed by atoms with Gasteiger partial charge in [-0.2, -0.15) is 5.10 Å². The standard InChI is InChI=1S/C22H26N4O5S/c1-28-15-7-5-14(6-8-15)21-24-25-22(32)26(21)10-9-20(27)23-13-17-18(30-3)11-16(29-2)12-19(17)31-4/h5-8,11-12H,9-10,13H2,1-4H3,(H,23,27)(H,25,32). The summed E-state index contributed by atoms with van der Waals surface area (Å²) >= 11 is 5.35. The molecule has 0 saturated carbocycles. The number of methoxy groups -OCH3 is 4. The maximum absolute atomic E-state index is 12.6. The number of H-pyrrole nitrogens is 1. The number of ether oxygens (including phenoxy) is 4. The first-order chi connectivity index (χ1) is 15.5. The molecular weight excluding hydrogens is 432 g/mol. The number of nitrogens with zero attached hydrogens (tertiary/aromatic N) is 2. The number of carbonyl (C=O) groups is 1. The minimum atomic E-state index is -0.145. The van der Waals surface area contributed by atoms with Crippen LogP contribution in [0.1, 0.15) is 12.0 Å². The minimum Gasteiger partial charge on any atom is -0.497 e. The molecule has 9 nitrogen and oxygen atoms in total. The third-order valence-corrected chi connectivity index (χ3v) is 5.26. The van der Waals surface area contributed by atoms with Crippen molar-refractivity contribution in [1.82, 2.24) is 20.1 Å². The molecule has 10 heteroatoms. The Balaban J connectivity index is 1.68. The Morgan fingerprint density at radius 3 is 2.19 bits per heavy atom. The van der Waals surface area contributed by atoms with Gasteiger partial charge in [-0.15, -0.1) is 0 Å². The highest BCUT2D eigenvalue weighted by atomic mass is 32.1. The summed E-state index contributed by atoms with van der Waals surface area (Å²) in [7, 11) is 6.29. The number of rotatable bonds is 10.